The number of halogens is 2. The van der Waals surface area contributed by atoms with Gasteiger partial charge < -0.3 is 0 Å². The molecule has 4 bridgehead atoms. The molecule has 4 saturated carbocycles. The van der Waals surface area contributed by atoms with Gasteiger partial charge in [0, 0.05) is 37.2 Å². The minimum absolute atomic E-state index is 0.125. The fourth-order valence-corrected chi connectivity index (χ4v) is 8.71. The van der Waals surface area contributed by atoms with E-state index in [0.29, 0.717) is 24.2 Å². The number of hydrogen-bond acceptors (Lipinski definition) is 3. The molecule has 0 spiro atoms. The van der Waals surface area contributed by atoms with Gasteiger partial charge in [-0.25, -0.2) is 8.42 Å². The van der Waals surface area contributed by atoms with Crippen molar-refractivity contribution in [3.8, 4) is 0 Å². The Kier molecular flexibility index (Phi) is 4.76. The summed E-state index contributed by atoms with van der Waals surface area (Å²) in [5.41, 5.74) is 0. The van der Waals surface area contributed by atoms with E-state index in [9.17, 15) is 8.42 Å². The van der Waals surface area contributed by atoms with E-state index in [1.165, 1.54) is 38.2 Å². The molecule has 148 valence electrons. The monoisotopic (exact) mass is 428 g/mol. The second-order valence-electron chi connectivity index (χ2n) is 8.94. The van der Waals surface area contributed by atoms with E-state index in [1.54, 1.807) is 16.4 Å². The maximum Gasteiger partial charge on any atom is 0.244 e. The fraction of sp³-hybridized carbons (Fsp3) is 0.700. The molecule has 27 heavy (non-hydrogen) atoms. The summed E-state index contributed by atoms with van der Waals surface area (Å²) in [6, 6.07) is 5.32. The van der Waals surface area contributed by atoms with Gasteiger partial charge in [-0.3, -0.25) is 4.90 Å². The summed E-state index contributed by atoms with van der Waals surface area (Å²) in [5.74, 6) is 3.62. The molecule has 1 aliphatic heterocycles. The molecule has 1 aromatic rings. The van der Waals surface area contributed by atoms with E-state index in [4.69, 9.17) is 23.2 Å². The van der Waals surface area contributed by atoms with Gasteiger partial charge in [-0.05, 0) is 74.0 Å². The van der Waals surface area contributed by atoms with Crippen LogP contribution >= 0.6 is 23.2 Å². The van der Waals surface area contributed by atoms with Gasteiger partial charge in [0.25, 0.3) is 0 Å². The zero-order valence-corrected chi connectivity index (χ0v) is 17.7. The van der Waals surface area contributed by atoms with Crippen LogP contribution in [0.4, 0.5) is 0 Å². The zero-order chi connectivity index (χ0) is 18.8. The van der Waals surface area contributed by atoms with Crippen molar-refractivity contribution in [2.75, 3.05) is 26.2 Å². The number of rotatable bonds is 3. The third-order valence-corrected chi connectivity index (χ3v) is 10.00. The van der Waals surface area contributed by atoms with Gasteiger partial charge in [-0.2, -0.15) is 4.31 Å². The highest BCUT2D eigenvalue weighted by molar-refractivity contribution is 7.89. The molecule has 6 rings (SSSR count). The Hall–Kier alpha value is -0.330. The normalized spacial score (nSPS) is 37.0. The van der Waals surface area contributed by atoms with Crippen molar-refractivity contribution < 1.29 is 8.42 Å². The number of nitrogens with zero attached hydrogens (tertiary/aromatic N) is 2. The first kappa shape index (κ1) is 18.7. The Labute approximate surface area is 171 Å². The van der Waals surface area contributed by atoms with Crippen molar-refractivity contribution in [1.82, 2.24) is 9.21 Å². The van der Waals surface area contributed by atoms with Crippen LogP contribution in [-0.4, -0.2) is 49.8 Å². The fourth-order valence-electron chi connectivity index (χ4n) is 6.55. The van der Waals surface area contributed by atoms with Gasteiger partial charge in [0.2, 0.25) is 10.0 Å². The van der Waals surface area contributed by atoms with Crippen LogP contribution in [0, 0.1) is 23.7 Å². The minimum atomic E-state index is -3.60. The van der Waals surface area contributed by atoms with E-state index >= 15 is 0 Å². The second-order valence-corrected chi connectivity index (χ2v) is 11.7. The molecule has 0 radical (unpaired) electrons. The van der Waals surface area contributed by atoms with Crippen molar-refractivity contribution in [1.29, 1.82) is 0 Å². The van der Waals surface area contributed by atoms with Crippen LogP contribution in [0.2, 0.25) is 10.0 Å². The van der Waals surface area contributed by atoms with E-state index in [2.05, 4.69) is 4.90 Å². The molecule has 7 heteroatoms. The summed E-state index contributed by atoms with van der Waals surface area (Å²) in [4.78, 5) is 2.72. The SMILES string of the molecule is O=S(=O)(c1cc(Cl)ccc1Cl)N1CCN(C2C3CC4CC(C3)CC2C4)CC1. The van der Waals surface area contributed by atoms with Crippen LogP contribution in [0.15, 0.2) is 23.1 Å². The lowest BCUT2D eigenvalue weighted by Gasteiger charge is -2.58. The first-order chi connectivity index (χ1) is 12.9. The molecule has 4 nitrogen and oxygen atoms in total. The zero-order valence-electron chi connectivity index (χ0n) is 15.4. The van der Waals surface area contributed by atoms with E-state index < -0.39 is 10.0 Å². The van der Waals surface area contributed by atoms with Crippen molar-refractivity contribution >= 4 is 33.2 Å². The highest BCUT2D eigenvalue weighted by atomic mass is 35.5. The molecule has 0 aromatic heterocycles. The van der Waals surface area contributed by atoms with E-state index in [-0.39, 0.29) is 9.92 Å². The minimum Gasteiger partial charge on any atom is -0.297 e. The van der Waals surface area contributed by atoms with Crippen LogP contribution in [-0.2, 0) is 10.0 Å². The topological polar surface area (TPSA) is 40.6 Å². The Morgan fingerprint density at radius 1 is 0.852 bits per heavy atom. The number of hydrogen-bond donors (Lipinski definition) is 0. The van der Waals surface area contributed by atoms with Gasteiger partial charge in [-0.15, -0.1) is 0 Å². The molecule has 1 heterocycles. The van der Waals surface area contributed by atoms with E-state index in [0.717, 1.165) is 36.8 Å². The Morgan fingerprint density at radius 2 is 1.44 bits per heavy atom. The lowest BCUT2D eigenvalue weighted by molar-refractivity contribution is -0.0720. The van der Waals surface area contributed by atoms with Gasteiger partial charge in [0.1, 0.15) is 4.90 Å². The summed E-state index contributed by atoms with van der Waals surface area (Å²) >= 11 is 12.2. The van der Waals surface area contributed by atoms with Crippen LogP contribution < -0.4 is 0 Å². The van der Waals surface area contributed by atoms with Crippen molar-refractivity contribution in [3.05, 3.63) is 28.2 Å². The molecule has 1 aromatic carbocycles. The Bertz CT molecular complexity index is 808. The summed E-state index contributed by atoms with van der Waals surface area (Å²) in [5, 5.41) is 0.632. The van der Waals surface area contributed by atoms with Gasteiger partial charge in [0.05, 0.1) is 5.02 Å². The first-order valence-corrected chi connectivity index (χ1v) is 12.3. The maximum absolute atomic E-state index is 13.1. The lowest BCUT2D eigenvalue weighted by atomic mass is 9.54. The van der Waals surface area contributed by atoms with Gasteiger partial charge in [0.15, 0.2) is 0 Å². The van der Waals surface area contributed by atoms with Crippen LogP contribution in [0.3, 0.4) is 0 Å². The molecular weight excluding hydrogens is 403 g/mol. The van der Waals surface area contributed by atoms with Crippen molar-refractivity contribution in [3.63, 3.8) is 0 Å². The third kappa shape index (κ3) is 3.24. The predicted molar refractivity (Wildman–Crippen MR) is 108 cm³/mol. The predicted octanol–water partition coefficient (Wildman–Crippen LogP) is 4.12. The molecular formula is C20H26Cl2N2O2S. The average Bonchev–Trinajstić information content (AvgIpc) is 2.63. The summed E-state index contributed by atoms with van der Waals surface area (Å²) < 4.78 is 27.7. The summed E-state index contributed by atoms with van der Waals surface area (Å²) in [7, 11) is -3.60. The molecule has 0 amide bonds. The van der Waals surface area contributed by atoms with Crippen LogP contribution in [0.5, 0.6) is 0 Å². The quantitative estimate of drug-likeness (QED) is 0.726. The van der Waals surface area contributed by atoms with Gasteiger partial charge >= 0.3 is 0 Å². The van der Waals surface area contributed by atoms with Gasteiger partial charge in [-0.1, -0.05) is 23.2 Å². The van der Waals surface area contributed by atoms with Crippen LogP contribution in [0.1, 0.15) is 32.1 Å². The molecule has 0 N–H and O–H groups in total. The molecule has 5 aliphatic rings. The summed E-state index contributed by atoms with van der Waals surface area (Å²) in [6.07, 6.45) is 7.05. The largest absolute Gasteiger partial charge is 0.297 e. The average molecular weight is 429 g/mol. The number of piperazine rings is 1. The standard InChI is InChI=1S/C20H26Cl2N2O2S/c21-17-1-2-18(22)19(12-17)27(25,26)24-5-3-23(4-6-24)20-15-8-13-7-14(10-15)11-16(20)9-13/h1-2,12-16,20H,3-11H2. The third-order valence-electron chi connectivity index (χ3n) is 7.38. The molecule has 5 fully saturated rings. The first-order valence-electron chi connectivity index (χ1n) is 10.1. The van der Waals surface area contributed by atoms with Crippen molar-refractivity contribution in [2.45, 2.75) is 43.0 Å². The number of sulfonamides is 1. The highest BCUT2D eigenvalue weighted by Crippen LogP contribution is 2.55. The molecule has 0 unspecified atom stereocenters. The van der Waals surface area contributed by atoms with Crippen LogP contribution in [0.25, 0.3) is 0 Å². The summed E-state index contributed by atoms with van der Waals surface area (Å²) in [6.45, 7) is 2.72. The maximum atomic E-state index is 13.1. The Balaban J connectivity index is 1.30. The smallest absolute Gasteiger partial charge is 0.244 e. The lowest BCUT2D eigenvalue weighted by Crippen LogP contribution is -2.60. The Morgan fingerprint density at radius 3 is 2.04 bits per heavy atom. The van der Waals surface area contributed by atoms with E-state index in [1.807, 2.05) is 0 Å². The number of benzene rings is 1. The molecule has 4 aliphatic carbocycles. The highest BCUT2D eigenvalue weighted by Gasteiger charge is 2.50. The second kappa shape index (κ2) is 6.88. The van der Waals surface area contributed by atoms with Crippen molar-refractivity contribution in [2.24, 2.45) is 23.7 Å². The molecule has 0 atom stereocenters. The molecule has 1 saturated heterocycles.